The average Bonchev–Trinajstić information content (AvgIpc) is 3.20. The predicted molar refractivity (Wildman–Crippen MR) is 250 cm³/mol. The number of hydrogen-bond acceptors (Lipinski definition) is 10. The second-order valence-corrected chi connectivity index (χ2v) is 18.5. The van der Waals surface area contributed by atoms with Gasteiger partial charge >= 0.3 is 57.4 Å². The minimum atomic E-state index is -1.04. The van der Waals surface area contributed by atoms with Crippen LogP contribution in [0, 0.1) is 0 Å². The number of carboxylic acid groups (broad SMARTS) is 2. The van der Waals surface area contributed by atoms with E-state index in [2.05, 4.69) is 13.8 Å². The Labute approximate surface area is 409 Å². The normalized spacial score (nSPS) is 10.7. The molecule has 0 N–H and O–H groups in total. The van der Waals surface area contributed by atoms with Crippen LogP contribution in [0.2, 0.25) is 0 Å². The summed E-state index contributed by atoms with van der Waals surface area (Å²) in [6, 6.07) is 0. The number of rotatable bonds is 46. The van der Waals surface area contributed by atoms with Gasteiger partial charge in [-0.25, -0.2) is 0 Å². The van der Waals surface area contributed by atoms with Crippen LogP contribution in [0.5, 0.6) is 0 Å². The zero-order chi connectivity index (χ0) is 42.8. The van der Waals surface area contributed by atoms with Gasteiger partial charge in [0.15, 0.2) is 0 Å². The van der Waals surface area contributed by atoms with Gasteiger partial charge in [0.1, 0.15) is 0 Å². The maximum absolute atomic E-state index is 11.5. The third-order valence-corrected chi connectivity index (χ3v) is 12.3. The number of esters is 2. The standard InChI is InChI=1S/2C24H46O4S.Sr/c2*1-2-3-4-5-6-7-8-9-10-11-12-13-14-15-16-17-20-28-24(27)19-22-29-21-18-23(25)26;/h2*2-22H2,1H3,(H,25,26);/q;;+2/p-2. The summed E-state index contributed by atoms with van der Waals surface area (Å²) in [4.78, 5) is 43.6. The molecule has 0 bridgehead atoms. The Bertz CT molecular complexity index is 825. The quantitative estimate of drug-likeness (QED) is 0.0330. The Hall–Kier alpha value is 0.0605. The molecule has 0 amide bonds. The second kappa shape index (κ2) is 56.1. The molecule has 0 saturated carbocycles. The van der Waals surface area contributed by atoms with Crippen LogP contribution in [-0.4, -0.2) is 106 Å². The molecule has 0 radical (unpaired) electrons. The van der Waals surface area contributed by atoms with Crippen molar-refractivity contribution < 1.29 is 38.9 Å². The Morgan fingerprint density at radius 2 is 0.542 bits per heavy atom. The minimum absolute atomic E-state index is 0. The molecule has 8 nitrogen and oxygen atoms in total. The van der Waals surface area contributed by atoms with E-state index in [4.69, 9.17) is 9.47 Å². The van der Waals surface area contributed by atoms with E-state index in [1.807, 2.05) is 0 Å². The van der Waals surface area contributed by atoms with Crippen LogP contribution < -0.4 is 10.2 Å². The van der Waals surface area contributed by atoms with Gasteiger partial charge in [-0.05, 0) is 37.2 Å². The van der Waals surface area contributed by atoms with Crippen molar-refractivity contribution in [1.29, 1.82) is 0 Å². The first-order valence-electron chi connectivity index (χ1n) is 24.2. The van der Waals surface area contributed by atoms with Gasteiger partial charge in [-0.2, -0.15) is 23.5 Å². The minimum Gasteiger partial charge on any atom is -0.550 e. The summed E-state index contributed by atoms with van der Waals surface area (Å²) in [5.41, 5.74) is 0. The first-order chi connectivity index (χ1) is 28.3. The van der Waals surface area contributed by atoms with Crippen LogP contribution in [0.4, 0.5) is 0 Å². The van der Waals surface area contributed by atoms with Crippen LogP contribution in [0.15, 0.2) is 0 Å². The molecule has 59 heavy (non-hydrogen) atoms. The van der Waals surface area contributed by atoms with Gasteiger partial charge in [-0.15, -0.1) is 0 Å². The van der Waals surface area contributed by atoms with Crippen molar-refractivity contribution >= 4 is 92.9 Å². The first kappa shape index (κ1) is 63.3. The number of carbonyl (C=O) groups is 4. The number of thioether (sulfide) groups is 2. The van der Waals surface area contributed by atoms with Gasteiger partial charge in [0.2, 0.25) is 0 Å². The maximum Gasteiger partial charge on any atom is 2.00 e. The molecule has 0 aromatic rings. The Morgan fingerprint density at radius 1 is 0.339 bits per heavy atom. The van der Waals surface area contributed by atoms with Crippen LogP contribution in [0.1, 0.15) is 245 Å². The summed E-state index contributed by atoms with van der Waals surface area (Å²) in [6.45, 7) is 5.57. The molecule has 0 aliphatic carbocycles. The molecule has 0 spiro atoms. The van der Waals surface area contributed by atoms with Crippen LogP contribution in [0.3, 0.4) is 0 Å². The van der Waals surface area contributed by atoms with E-state index in [1.165, 1.54) is 203 Å². The summed E-state index contributed by atoms with van der Waals surface area (Å²) in [5, 5.41) is 20.5. The van der Waals surface area contributed by atoms with E-state index in [0.29, 0.717) is 49.1 Å². The summed E-state index contributed by atoms with van der Waals surface area (Å²) in [5.74, 6) is -0.203. The molecule has 0 atom stereocenters. The maximum atomic E-state index is 11.5. The van der Waals surface area contributed by atoms with E-state index in [-0.39, 0.29) is 70.3 Å². The van der Waals surface area contributed by atoms with Gasteiger partial charge in [0.25, 0.3) is 0 Å². The average molecular weight is 947 g/mol. The van der Waals surface area contributed by atoms with Crippen LogP contribution >= 0.6 is 23.5 Å². The SMILES string of the molecule is CCCCCCCCCCCCCCCCCCOC(=O)CCSCCC(=O)[O-].CCCCCCCCCCCCCCCCCCOC(=O)CCSCCC(=O)[O-].[Sr+2]. The fraction of sp³-hybridized carbons (Fsp3) is 0.917. The van der Waals surface area contributed by atoms with Crippen LogP contribution in [0.25, 0.3) is 0 Å². The fourth-order valence-corrected chi connectivity index (χ4v) is 8.30. The zero-order valence-electron chi connectivity index (χ0n) is 38.5. The van der Waals surface area contributed by atoms with Crippen molar-refractivity contribution in [1.82, 2.24) is 0 Å². The molecule has 0 saturated heterocycles. The van der Waals surface area contributed by atoms with E-state index >= 15 is 0 Å². The second-order valence-electron chi connectivity index (χ2n) is 16.0. The van der Waals surface area contributed by atoms with Crippen molar-refractivity contribution in [2.75, 3.05) is 36.2 Å². The number of ether oxygens (including phenoxy) is 2. The number of carbonyl (C=O) groups excluding carboxylic acids is 4. The van der Waals surface area contributed by atoms with Gasteiger partial charge in [0, 0.05) is 23.4 Å². The molecule has 0 fully saturated rings. The predicted octanol–water partition coefficient (Wildman–Crippen LogP) is 11.7. The molecular formula is C48H90O8S2Sr. The molecular weight excluding hydrogens is 856 g/mol. The molecule has 0 heterocycles. The van der Waals surface area contributed by atoms with Crippen molar-refractivity contribution in [3.05, 3.63) is 0 Å². The van der Waals surface area contributed by atoms with E-state index in [1.54, 1.807) is 0 Å². The van der Waals surface area contributed by atoms with Gasteiger partial charge in [-0.1, -0.05) is 206 Å². The third-order valence-electron chi connectivity index (χ3n) is 10.3. The molecule has 0 aliphatic rings. The molecule has 344 valence electrons. The van der Waals surface area contributed by atoms with Crippen molar-refractivity contribution in [3.8, 4) is 0 Å². The number of carboxylic acids is 2. The van der Waals surface area contributed by atoms with E-state index < -0.39 is 11.9 Å². The zero-order valence-corrected chi connectivity index (χ0v) is 43.6. The molecule has 0 aromatic carbocycles. The van der Waals surface area contributed by atoms with E-state index in [0.717, 1.165) is 25.7 Å². The number of unbranched alkanes of at least 4 members (excludes halogenated alkanes) is 30. The van der Waals surface area contributed by atoms with Gasteiger partial charge in [0.05, 0.1) is 26.1 Å². The molecule has 11 heteroatoms. The topological polar surface area (TPSA) is 133 Å². The van der Waals surface area contributed by atoms with Crippen LogP contribution in [-0.2, 0) is 28.7 Å². The summed E-state index contributed by atoms with van der Waals surface area (Å²) in [6.07, 6.45) is 43.5. The van der Waals surface area contributed by atoms with Crippen molar-refractivity contribution in [2.24, 2.45) is 0 Å². The Balaban J connectivity index is -0.00000105. The Kier molecular flexibility index (Phi) is 60.2. The molecule has 0 aromatic heterocycles. The van der Waals surface area contributed by atoms with Gasteiger partial charge < -0.3 is 29.3 Å². The third kappa shape index (κ3) is 62.4. The first-order valence-corrected chi connectivity index (χ1v) is 26.5. The summed E-state index contributed by atoms with van der Waals surface area (Å²) in [7, 11) is 0. The van der Waals surface area contributed by atoms with E-state index in [9.17, 15) is 29.4 Å². The Morgan fingerprint density at radius 3 is 0.763 bits per heavy atom. The fourth-order valence-electron chi connectivity index (χ4n) is 6.64. The molecule has 0 aliphatic heterocycles. The molecule has 0 rings (SSSR count). The number of aliphatic carboxylic acids is 2. The van der Waals surface area contributed by atoms with Crippen molar-refractivity contribution in [3.63, 3.8) is 0 Å². The molecule has 0 unspecified atom stereocenters. The summed E-state index contributed by atoms with van der Waals surface area (Å²) >= 11 is 2.91. The van der Waals surface area contributed by atoms with Gasteiger partial charge in [-0.3, -0.25) is 9.59 Å². The largest absolute Gasteiger partial charge is 2.00 e. The smallest absolute Gasteiger partial charge is 0.550 e. The monoisotopic (exact) mass is 947 g/mol. The summed E-state index contributed by atoms with van der Waals surface area (Å²) < 4.78 is 10.4. The number of hydrogen-bond donors (Lipinski definition) is 0. The van der Waals surface area contributed by atoms with Crippen molar-refractivity contribution in [2.45, 2.75) is 245 Å².